The highest BCUT2D eigenvalue weighted by Crippen LogP contribution is 2.33. The molecule has 0 aliphatic carbocycles. The zero-order valence-corrected chi connectivity index (χ0v) is 19.2. The van der Waals surface area contributed by atoms with E-state index >= 15 is 0 Å². The fourth-order valence-corrected chi connectivity index (χ4v) is 4.89. The molecule has 9 heteroatoms. The maximum absolute atomic E-state index is 13.6. The van der Waals surface area contributed by atoms with E-state index in [1.807, 2.05) is 24.3 Å². The first-order valence-electron chi connectivity index (χ1n) is 11.5. The Morgan fingerprint density at radius 2 is 1.63 bits per heavy atom. The van der Waals surface area contributed by atoms with Crippen LogP contribution in [0.15, 0.2) is 71.5 Å². The standard InChI is InChI=1S/C26H25F3N4O2/c1-35-24-12-6-11-23(30-24)31-15-13-19(14-16-31)33-22-10-5-4-9-21(22)32(25(33)34)17-18-7-2-3-8-20(18)26(27,28)29/h2-12,19H,13-17H2,1H3. The molecule has 0 saturated carbocycles. The Labute approximate surface area is 200 Å². The Bertz CT molecular complexity index is 1400. The van der Waals surface area contributed by atoms with Crippen LogP contribution in [0, 0.1) is 0 Å². The summed E-state index contributed by atoms with van der Waals surface area (Å²) in [6.07, 6.45) is -3.06. The Morgan fingerprint density at radius 3 is 2.34 bits per heavy atom. The topological polar surface area (TPSA) is 52.3 Å². The van der Waals surface area contributed by atoms with Crippen LogP contribution in [0.4, 0.5) is 19.0 Å². The van der Waals surface area contributed by atoms with Gasteiger partial charge in [0, 0.05) is 25.2 Å². The van der Waals surface area contributed by atoms with E-state index in [2.05, 4.69) is 9.88 Å². The highest BCUT2D eigenvalue weighted by molar-refractivity contribution is 5.76. The molecule has 0 unspecified atom stereocenters. The summed E-state index contributed by atoms with van der Waals surface area (Å²) in [7, 11) is 1.58. The van der Waals surface area contributed by atoms with Crippen LogP contribution in [0.25, 0.3) is 11.0 Å². The monoisotopic (exact) mass is 482 g/mol. The molecule has 1 fully saturated rings. The average molecular weight is 483 g/mol. The lowest BCUT2D eigenvalue weighted by atomic mass is 10.0. The number of methoxy groups -OCH3 is 1. The summed E-state index contributed by atoms with van der Waals surface area (Å²) in [6.45, 7) is 1.26. The number of fused-ring (bicyclic) bond motifs is 1. The minimum Gasteiger partial charge on any atom is -0.481 e. The maximum atomic E-state index is 13.6. The Balaban J connectivity index is 1.46. The fourth-order valence-electron chi connectivity index (χ4n) is 4.89. The van der Waals surface area contributed by atoms with Gasteiger partial charge in [0.1, 0.15) is 5.82 Å². The molecular formula is C26H25F3N4O2. The highest BCUT2D eigenvalue weighted by atomic mass is 19.4. The van der Waals surface area contributed by atoms with E-state index in [1.54, 1.807) is 35.9 Å². The summed E-state index contributed by atoms with van der Waals surface area (Å²) < 4.78 is 49.2. The van der Waals surface area contributed by atoms with Crippen LogP contribution < -0.4 is 15.3 Å². The second-order valence-electron chi connectivity index (χ2n) is 8.64. The third-order valence-corrected chi connectivity index (χ3v) is 6.59. The second-order valence-corrected chi connectivity index (χ2v) is 8.64. The minimum absolute atomic E-state index is 0.0617. The van der Waals surface area contributed by atoms with Gasteiger partial charge in [-0.1, -0.05) is 36.4 Å². The predicted molar refractivity (Wildman–Crippen MR) is 128 cm³/mol. The van der Waals surface area contributed by atoms with Crippen molar-refractivity contribution in [2.75, 3.05) is 25.1 Å². The summed E-state index contributed by atoms with van der Waals surface area (Å²) in [5, 5.41) is 0. The third-order valence-electron chi connectivity index (χ3n) is 6.59. The number of rotatable bonds is 5. The minimum atomic E-state index is -4.49. The van der Waals surface area contributed by atoms with Crippen LogP contribution in [-0.2, 0) is 12.7 Å². The molecule has 0 radical (unpaired) electrons. The lowest BCUT2D eigenvalue weighted by Crippen LogP contribution is -2.38. The Morgan fingerprint density at radius 1 is 0.943 bits per heavy atom. The molecule has 1 saturated heterocycles. The van der Waals surface area contributed by atoms with E-state index in [4.69, 9.17) is 4.74 Å². The van der Waals surface area contributed by atoms with E-state index in [0.717, 1.165) is 17.4 Å². The van der Waals surface area contributed by atoms with Crippen molar-refractivity contribution in [1.29, 1.82) is 0 Å². The summed E-state index contributed by atoms with van der Waals surface area (Å²) >= 11 is 0. The number of alkyl halides is 3. The number of benzene rings is 2. The van der Waals surface area contributed by atoms with Crippen molar-refractivity contribution in [1.82, 2.24) is 14.1 Å². The van der Waals surface area contributed by atoms with Crippen molar-refractivity contribution in [2.45, 2.75) is 31.6 Å². The van der Waals surface area contributed by atoms with Crippen LogP contribution in [-0.4, -0.2) is 34.3 Å². The van der Waals surface area contributed by atoms with Gasteiger partial charge < -0.3 is 9.64 Å². The number of ether oxygens (including phenoxy) is 1. The van der Waals surface area contributed by atoms with Crippen LogP contribution in [0.1, 0.15) is 30.0 Å². The maximum Gasteiger partial charge on any atom is 0.416 e. The summed E-state index contributed by atoms with van der Waals surface area (Å²) in [4.78, 5) is 20.2. The molecule has 0 spiro atoms. The first-order chi connectivity index (χ1) is 16.9. The second kappa shape index (κ2) is 9.13. The molecule has 0 amide bonds. The number of imidazole rings is 1. The molecule has 1 aliphatic heterocycles. The van der Waals surface area contributed by atoms with Gasteiger partial charge in [0.15, 0.2) is 0 Å². The molecule has 35 heavy (non-hydrogen) atoms. The largest absolute Gasteiger partial charge is 0.481 e. The first kappa shape index (κ1) is 23.0. The van der Waals surface area contributed by atoms with Gasteiger partial charge in [-0.2, -0.15) is 18.2 Å². The lowest BCUT2D eigenvalue weighted by molar-refractivity contribution is -0.138. The summed E-state index contributed by atoms with van der Waals surface area (Å²) in [5.74, 6) is 1.37. The van der Waals surface area contributed by atoms with Gasteiger partial charge in [0.05, 0.1) is 30.3 Å². The predicted octanol–water partition coefficient (Wildman–Crippen LogP) is 5.12. The molecule has 2 aromatic carbocycles. The first-order valence-corrected chi connectivity index (χ1v) is 11.5. The van der Waals surface area contributed by atoms with Crippen molar-refractivity contribution in [3.63, 3.8) is 0 Å². The van der Waals surface area contributed by atoms with Gasteiger partial charge in [-0.3, -0.25) is 9.13 Å². The molecule has 3 heterocycles. The molecule has 2 aromatic heterocycles. The molecule has 4 aromatic rings. The van der Waals surface area contributed by atoms with Crippen LogP contribution in [0.5, 0.6) is 5.88 Å². The molecule has 0 atom stereocenters. The normalized spacial score (nSPS) is 15.0. The van der Waals surface area contributed by atoms with Gasteiger partial charge >= 0.3 is 11.9 Å². The number of anilines is 1. The number of piperidine rings is 1. The number of halogens is 3. The lowest BCUT2D eigenvalue weighted by Gasteiger charge is -2.33. The molecule has 0 bridgehead atoms. The summed E-state index contributed by atoms with van der Waals surface area (Å²) in [6, 6.07) is 18.3. The summed E-state index contributed by atoms with van der Waals surface area (Å²) in [5.41, 5.74) is 0.430. The number of nitrogens with zero attached hydrogens (tertiary/aromatic N) is 4. The van der Waals surface area contributed by atoms with Crippen molar-refractivity contribution in [3.05, 3.63) is 88.3 Å². The number of hydrogen-bond acceptors (Lipinski definition) is 4. The fraction of sp³-hybridized carbons (Fsp3) is 0.308. The van der Waals surface area contributed by atoms with E-state index in [0.29, 0.717) is 37.3 Å². The van der Waals surface area contributed by atoms with Gasteiger partial charge in [-0.05, 0) is 42.7 Å². The van der Waals surface area contributed by atoms with Crippen LogP contribution in [0.2, 0.25) is 0 Å². The smallest absolute Gasteiger partial charge is 0.416 e. The number of pyridine rings is 1. The van der Waals surface area contributed by atoms with E-state index < -0.39 is 11.7 Å². The Hall–Kier alpha value is -3.75. The van der Waals surface area contributed by atoms with Gasteiger partial charge in [-0.15, -0.1) is 0 Å². The highest BCUT2D eigenvalue weighted by Gasteiger charge is 2.33. The molecule has 1 aliphatic rings. The number of hydrogen-bond donors (Lipinski definition) is 0. The quantitative estimate of drug-likeness (QED) is 0.397. The van der Waals surface area contributed by atoms with E-state index in [1.165, 1.54) is 16.7 Å². The molecule has 5 rings (SSSR count). The Kier molecular flexibility index (Phi) is 6.00. The zero-order chi connectivity index (χ0) is 24.6. The van der Waals surface area contributed by atoms with Crippen molar-refractivity contribution in [3.8, 4) is 5.88 Å². The van der Waals surface area contributed by atoms with Gasteiger partial charge in [-0.25, -0.2) is 4.79 Å². The number of aromatic nitrogens is 3. The molecule has 182 valence electrons. The zero-order valence-electron chi connectivity index (χ0n) is 19.2. The number of para-hydroxylation sites is 2. The van der Waals surface area contributed by atoms with Gasteiger partial charge in [0.2, 0.25) is 5.88 Å². The van der Waals surface area contributed by atoms with Gasteiger partial charge in [0.25, 0.3) is 0 Å². The molecular weight excluding hydrogens is 457 g/mol. The molecule has 6 nitrogen and oxygen atoms in total. The van der Waals surface area contributed by atoms with Crippen LogP contribution in [0.3, 0.4) is 0 Å². The average Bonchev–Trinajstić information content (AvgIpc) is 3.15. The van der Waals surface area contributed by atoms with E-state index in [9.17, 15) is 18.0 Å². The van der Waals surface area contributed by atoms with Crippen molar-refractivity contribution >= 4 is 16.9 Å². The third kappa shape index (κ3) is 4.38. The van der Waals surface area contributed by atoms with Crippen LogP contribution >= 0.6 is 0 Å². The molecule has 0 N–H and O–H groups in total. The van der Waals surface area contributed by atoms with Crippen molar-refractivity contribution < 1.29 is 17.9 Å². The van der Waals surface area contributed by atoms with E-state index in [-0.39, 0.29) is 23.8 Å². The SMILES string of the molecule is COc1cccc(N2CCC(n3c(=O)n(Cc4ccccc4C(F)(F)F)c4ccccc43)CC2)n1. The van der Waals surface area contributed by atoms with Crippen molar-refractivity contribution in [2.24, 2.45) is 0 Å².